The highest BCUT2D eigenvalue weighted by molar-refractivity contribution is 5.94. The number of pyridine rings is 1. The molecule has 1 saturated heterocycles. The van der Waals surface area contributed by atoms with Crippen molar-refractivity contribution in [3.8, 4) is 0 Å². The number of halogens is 1. The van der Waals surface area contributed by atoms with E-state index < -0.39 is 5.82 Å². The quantitative estimate of drug-likeness (QED) is 0.819. The minimum Gasteiger partial charge on any atom is -0.379 e. The van der Waals surface area contributed by atoms with Gasteiger partial charge in [-0.1, -0.05) is 0 Å². The Bertz CT molecular complexity index is 378. The molecule has 0 radical (unpaired) electrons. The Morgan fingerprint density at radius 1 is 1.56 bits per heavy atom. The Kier molecular flexibility index (Phi) is 3.46. The van der Waals surface area contributed by atoms with Gasteiger partial charge in [0.25, 0.3) is 5.91 Å². The molecular formula is C11H13FN2O2. The monoisotopic (exact) mass is 224 g/mol. The number of ether oxygens (including phenoxy) is 1. The Labute approximate surface area is 92.8 Å². The Morgan fingerprint density at radius 2 is 2.44 bits per heavy atom. The molecule has 1 unspecified atom stereocenters. The zero-order chi connectivity index (χ0) is 11.4. The molecule has 1 aliphatic heterocycles. The standard InChI is InChI=1S/C11H13FN2O2/c12-9-4-8(5-13-6-9)11(15)14-10-2-1-3-16-7-10/h4-6,10H,1-3,7H2,(H,14,15). The smallest absolute Gasteiger partial charge is 0.253 e. The summed E-state index contributed by atoms with van der Waals surface area (Å²) in [6.45, 7) is 1.27. The van der Waals surface area contributed by atoms with E-state index in [0.29, 0.717) is 6.61 Å². The number of hydrogen-bond donors (Lipinski definition) is 1. The van der Waals surface area contributed by atoms with Crippen molar-refractivity contribution >= 4 is 5.91 Å². The van der Waals surface area contributed by atoms with Crippen LogP contribution in [0.15, 0.2) is 18.5 Å². The van der Waals surface area contributed by atoms with Gasteiger partial charge < -0.3 is 10.1 Å². The highest BCUT2D eigenvalue weighted by Crippen LogP contribution is 2.07. The third kappa shape index (κ3) is 2.76. The second-order valence-corrected chi connectivity index (χ2v) is 3.78. The summed E-state index contributed by atoms with van der Waals surface area (Å²) < 4.78 is 18.1. The molecule has 1 N–H and O–H groups in total. The maximum absolute atomic E-state index is 12.8. The van der Waals surface area contributed by atoms with Gasteiger partial charge in [0.2, 0.25) is 0 Å². The van der Waals surface area contributed by atoms with Gasteiger partial charge in [0.15, 0.2) is 0 Å². The highest BCUT2D eigenvalue weighted by atomic mass is 19.1. The Hall–Kier alpha value is -1.49. The van der Waals surface area contributed by atoms with Crippen LogP contribution < -0.4 is 5.32 Å². The van der Waals surface area contributed by atoms with Crippen LogP contribution in [0.5, 0.6) is 0 Å². The molecule has 1 aromatic heterocycles. The van der Waals surface area contributed by atoms with Crippen LogP contribution in [0.3, 0.4) is 0 Å². The molecule has 1 amide bonds. The fraction of sp³-hybridized carbons (Fsp3) is 0.455. The molecule has 2 rings (SSSR count). The average molecular weight is 224 g/mol. The van der Waals surface area contributed by atoms with Crippen molar-refractivity contribution in [1.29, 1.82) is 0 Å². The molecule has 86 valence electrons. The number of carbonyl (C=O) groups is 1. The number of nitrogens with one attached hydrogen (secondary N) is 1. The average Bonchev–Trinajstić information content (AvgIpc) is 2.30. The third-order valence-corrected chi connectivity index (χ3v) is 2.46. The van der Waals surface area contributed by atoms with Crippen molar-refractivity contribution in [2.24, 2.45) is 0 Å². The Morgan fingerprint density at radius 3 is 3.12 bits per heavy atom. The molecule has 1 aliphatic rings. The lowest BCUT2D eigenvalue weighted by Gasteiger charge is -2.22. The molecule has 16 heavy (non-hydrogen) atoms. The largest absolute Gasteiger partial charge is 0.379 e. The van der Waals surface area contributed by atoms with E-state index in [4.69, 9.17) is 4.74 Å². The number of nitrogens with zero attached hydrogens (tertiary/aromatic N) is 1. The zero-order valence-electron chi connectivity index (χ0n) is 8.78. The topological polar surface area (TPSA) is 51.2 Å². The maximum atomic E-state index is 12.8. The second-order valence-electron chi connectivity index (χ2n) is 3.78. The molecule has 0 bridgehead atoms. The number of amides is 1. The number of aromatic nitrogens is 1. The van der Waals surface area contributed by atoms with Crippen molar-refractivity contribution in [3.05, 3.63) is 29.8 Å². The molecule has 5 heteroatoms. The van der Waals surface area contributed by atoms with Gasteiger partial charge in [-0.25, -0.2) is 4.39 Å². The number of rotatable bonds is 2. The fourth-order valence-electron chi connectivity index (χ4n) is 1.66. The van der Waals surface area contributed by atoms with Gasteiger partial charge in [0, 0.05) is 12.8 Å². The first kappa shape index (κ1) is 11.0. The zero-order valence-corrected chi connectivity index (χ0v) is 8.78. The van der Waals surface area contributed by atoms with Crippen LogP contribution in [-0.4, -0.2) is 30.1 Å². The molecule has 0 aromatic carbocycles. The van der Waals surface area contributed by atoms with E-state index in [1.807, 2.05) is 0 Å². The molecule has 0 spiro atoms. The predicted molar refractivity (Wildman–Crippen MR) is 55.5 cm³/mol. The molecule has 1 atom stereocenters. The summed E-state index contributed by atoms with van der Waals surface area (Å²) in [7, 11) is 0. The summed E-state index contributed by atoms with van der Waals surface area (Å²) in [5.41, 5.74) is 0.241. The van der Waals surface area contributed by atoms with Crippen molar-refractivity contribution < 1.29 is 13.9 Å². The lowest BCUT2D eigenvalue weighted by molar-refractivity contribution is 0.0624. The van der Waals surface area contributed by atoms with E-state index in [2.05, 4.69) is 10.3 Å². The van der Waals surface area contributed by atoms with E-state index >= 15 is 0 Å². The molecule has 4 nitrogen and oxygen atoms in total. The summed E-state index contributed by atoms with van der Waals surface area (Å²) in [6, 6.07) is 1.19. The predicted octanol–water partition coefficient (Wildman–Crippen LogP) is 1.13. The van der Waals surface area contributed by atoms with Crippen LogP contribution in [0.1, 0.15) is 23.2 Å². The number of carbonyl (C=O) groups excluding carboxylic acids is 1. The summed E-state index contributed by atoms with van der Waals surface area (Å²) in [4.78, 5) is 15.3. The maximum Gasteiger partial charge on any atom is 0.253 e. The Balaban J connectivity index is 1.97. The van der Waals surface area contributed by atoms with Crippen molar-refractivity contribution in [2.45, 2.75) is 18.9 Å². The summed E-state index contributed by atoms with van der Waals surface area (Å²) in [5.74, 6) is -0.810. The first-order valence-electron chi connectivity index (χ1n) is 5.25. The van der Waals surface area contributed by atoms with E-state index in [1.54, 1.807) is 0 Å². The van der Waals surface area contributed by atoms with Crippen LogP contribution in [0.2, 0.25) is 0 Å². The number of hydrogen-bond acceptors (Lipinski definition) is 3. The van der Waals surface area contributed by atoms with Gasteiger partial charge in [-0.05, 0) is 18.9 Å². The minimum absolute atomic E-state index is 0.0181. The molecule has 0 saturated carbocycles. The highest BCUT2D eigenvalue weighted by Gasteiger charge is 2.17. The van der Waals surface area contributed by atoms with Crippen molar-refractivity contribution in [2.75, 3.05) is 13.2 Å². The molecule has 1 aromatic rings. The molecule has 2 heterocycles. The summed E-state index contributed by atoms with van der Waals surface area (Å²) >= 11 is 0. The SMILES string of the molecule is O=C(NC1CCCOC1)c1cncc(F)c1. The molecule has 1 fully saturated rings. The van der Waals surface area contributed by atoms with Gasteiger partial charge in [-0.15, -0.1) is 0 Å². The van der Waals surface area contributed by atoms with E-state index in [-0.39, 0.29) is 17.5 Å². The van der Waals surface area contributed by atoms with Crippen LogP contribution in [0.4, 0.5) is 4.39 Å². The normalized spacial score (nSPS) is 20.4. The van der Waals surface area contributed by atoms with Gasteiger partial charge in [0.05, 0.1) is 24.4 Å². The van der Waals surface area contributed by atoms with Gasteiger partial charge in [-0.2, -0.15) is 0 Å². The minimum atomic E-state index is -0.507. The molecule has 0 aliphatic carbocycles. The van der Waals surface area contributed by atoms with Crippen molar-refractivity contribution in [1.82, 2.24) is 10.3 Å². The molecular weight excluding hydrogens is 211 g/mol. The van der Waals surface area contributed by atoms with Crippen LogP contribution in [0, 0.1) is 5.82 Å². The first-order chi connectivity index (χ1) is 7.75. The van der Waals surface area contributed by atoms with Gasteiger partial charge in [-0.3, -0.25) is 9.78 Å². The first-order valence-corrected chi connectivity index (χ1v) is 5.25. The van der Waals surface area contributed by atoms with Crippen molar-refractivity contribution in [3.63, 3.8) is 0 Å². The summed E-state index contributed by atoms with van der Waals surface area (Å²) in [5, 5.41) is 2.79. The summed E-state index contributed by atoms with van der Waals surface area (Å²) in [6.07, 6.45) is 4.25. The van der Waals surface area contributed by atoms with E-state index in [0.717, 1.165) is 25.6 Å². The fourth-order valence-corrected chi connectivity index (χ4v) is 1.66. The van der Waals surface area contributed by atoms with Gasteiger partial charge >= 0.3 is 0 Å². The van der Waals surface area contributed by atoms with Crippen LogP contribution >= 0.6 is 0 Å². The lowest BCUT2D eigenvalue weighted by atomic mass is 10.1. The van der Waals surface area contributed by atoms with Crippen LogP contribution in [-0.2, 0) is 4.74 Å². The van der Waals surface area contributed by atoms with E-state index in [1.165, 1.54) is 12.3 Å². The second kappa shape index (κ2) is 5.03. The lowest BCUT2D eigenvalue weighted by Crippen LogP contribution is -2.40. The van der Waals surface area contributed by atoms with E-state index in [9.17, 15) is 9.18 Å². The van der Waals surface area contributed by atoms with Gasteiger partial charge in [0.1, 0.15) is 5.82 Å². The van der Waals surface area contributed by atoms with Crippen LogP contribution in [0.25, 0.3) is 0 Å². The third-order valence-electron chi connectivity index (χ3n) is 2.46.